The summed E-state index contributed by atoms with van der Waals surface area (Å²) < 4.78 is 5.18. The SMILES string of the molecule is CCOC(C)C=C(C)C(N)=O. The molecule has 2 N–H and O–H groups in total. The minimum atomic E-state index is -0.392. The Morgan fingerprint density at radius 3 is 2.64 bits per heavy atom. The fourth-order valence-corrected chi connectivity index (χ4v) is 0.745. The van der Waals surface area contributed by atoms with Gasteiger partial charge in [0.25, 0.3) is 0 Å². The molecular weight excluding hydrogens is 142 g/mol. The lowest BCUT2D eigenvalue weighted by molar-refractivity contribution is -0.114. The van der Waals surface area contributed by atoms with E-state index in [0.29, 0.717) is 12.2 Å². The summed E-state index contributed by atoms with van der Waals surface area (Å²) >= 11 is 0. The van der Waals surface area contributed by atoms with Crippen LogP contribution in [-0.4, -0.2) is 18.6 Å². The molecule has 0 aromatic rings. The minimum absolute atomic E-state index is 0.0347. The second-order valence-electron chi connectivity index (χ2n) is 2.37. The van der Waals surface area contributed by atoms with E-state index in [2.05, 4.69) is 0 Å². The van der Waals surface area contributed by atoms with E-state index in [0.717, 1.165) is 0 Å². The predicted molar refractivity (Wildman–Crippen MR) is 44.0 cm³/mol. The Bertz CT molecular complexity index is 163. The van der Waals surface area contributed by atoms with Crippen LogP contribution in [0.2, 0.25) is 0 Å². The van der Waals surface area contributed by atoms with Crippen molar-refractivity contribution in [3.8, 4) is 0 Å². The Balaban J connectivity index is 3.96. The Morgan fingerprint density at radius 1 is 1.73 bits per heavy atom. The first-order valence-corrected chi connectivity index (χ1v) is 3.67. The average molecular weight is 157 g/mol. The summed E-state index contributed by atoms with van der Waals surface area (Å²) in [5.41, 5.74) is 5.56. The third kappa shape index (κ3) is 4.56. The van der Waals surface area contributed by atoms with Crippen LogP contribution in [0.1, 0.15) is 20.8 Å². The predicted octanol–water partition coefficient (Wildman–Crippen LogP) is 0.843. The number of hydrogen-bond donors (Lipinski definition) is 1. The van der Waals surface area contributed by atoms with Gasteiger partial charge in [0.2, 0.25) is 5.91 Å². The number of hydrogen-bond acceptors (Lipinski definition) is 2. The van der Waals surface area contributed by atoms with Crippen molar-refractivity contribution < 1.29 is 9.53 Å². The molecule has 3 nitrogen and oxygen atoms in total. The van der Waals surface area contributed by atoms with Gasteiger partial charge in [0.15, 0.2) is 0 Å². The summed E-state index contributed by atoms with van der Waals surface area (Å²) in [6.45, 7) is 6.10. The molecule has 0 aliphatic rings. The van der Waals surface area contributed by atoms with Gasteiger partial charge in [0.05, 0.1) is 6.10 Å². The first kappa shape index (κ1) is 10.2. The quantitative estimate of drug-likeness (QED) is 0.615. The summed E-state index contributed by atoms with van der Waals surface area (Å²) in [5, 5.41) is 0. The van der Waals surface area contributed by atoms with E-state index in [1.54, 1.807) is 13.0 Å². The van der Waals surface area contributed by atoms with Gasteiger partial charge in [-0.3, -0.25) is 4.79 Å². The fourth-order valence-electron chi connectivity index (χ4n) is 0.745. The van der Waals surface area contributed by atoms with E-state index >= 15 is 0 Å². The lowest BCUT2D eigenvalue weighted by Crippen LogP contribution is -2.14. The Labute approximate surface area is 67.2 Å². The van der Waals surface area contributed by atoms with Crippen LogP contribution >= 0.6 is 0 Å². The van der Waals surface area contributed by atoms with Crippen molar-refractivity contribution in [2.24, 2.45) is 5.73 Å². The molecule has 3 heteroatoms. The highest BCUT2D eigenvalue weighted by Crippen LogP contribution is 1.98. The summed E-state index contributed by atoms with van der Waals surface area (Å²) in [6, 6.07) is 0. The average Bonchev–Trinajstić information content (AvgIpc) is 1.87. The van der Waals surface area contributed by atoms with E-state index in [1.165, 1.54) is 0 Å². The topological polar surface area (TPSA) is 52.3 Å². The Kier molecular flexibility index (Phi) is 4.54. The van der Waals surface area contributed by atoms with E-state index < -0.39 is 5.91 Å². The van der Waals surface area contributed by atoms with Crippen molar-refractivity contribution in [1.82, 2.24) is 0 Å². The zero-order valence-electron chi connectivity index (χ0n) is 7.26. The maximum absolute atomic E-state index is 10.5. The molecule has 11 heavy (non-hydrogen) atoms. The zero-order chi connectivity index (χ0) is 8.85. The molecule has 0 fully saturated rings. The van der Waals surface area contributed by atoms with Gasteiger partial charge in [-0.25, -0.2) is 0 Å². The van der Waals surface area contributed by atoms with Crippen LogP contribution in [0, 0.1) is 0 Å². The molecular formula is C8H15NO2. The molecule has 0 spiro atoms. The van der Waals surface area contributed by atoms with Crippen LogP contribution in [-0.2, 0) is 9.53 Å². The van der Waals surface area contributed by atoms with Crippen molar-refractivity contribution in [2.75, 3.05) is 6.61 Å². The van der Waals surface area contributed by atoms with Crippen LogP contribution in [0.5, 0.6) is 0 Å². The molecule has 0 bridgehead atoms. The molecule has 1 amide bonds. The number of amides is 1. The summed E-state index contributed by atoms with van der Waals surface area (Å²) in [5.74, 6) is -0.392. The molecule has 0 rings (SSSR count). The Hall–Kier alpha value is -0.830. The van der Waals surface area contributed by atoms with E-state index in [4.69, 9.17) is 10.5 Å². The lowest BCUT2D eigenvalue weighted by Gasteiger charge is -2.06. The van der Waals surface area contributed by atoms with Gasteiger partial charge in [0, 0.05) is 12.2 Å². The van der Waals surface area contributed by atoms with E-state index in [-0.39, 0.29) is 6.10 Å². The molecule has 0 aliphatic heterocycles. The van der Waals surface area contributed by atoms with Crippen molar-refractivity contribution >= 4 is 5.91 Å². The van der Waals surface area contributed by atoms with Crippen molar-refractivity contribution in [3.05, 3.63) is 11.6 Å². The second-order valence-corrected chi connectivity index (χ2v) is 2.37. The molecule has 0 aliphatic carbocycles. The summed E-state index contributed by atoms with van der Waals surface area (Å²) in [7, 11) is 0. The fraction of sp³-hybridized carbons (Fsp3) is 0.625. The van der Waals surface area contributed by atoms with Crippen LogP contribution in [0.15, 0.2) is 11.6 Å². The van der Waals surface area contributed by atoms with Crippen molar-refractivity contribution in [3.63, 3.8) is 0 Å². The molecule has 0 heterocycles. The third-order valence-corrected chi connectivity index (χ3v) is 1.30. The highest BCUT2D eigenvalue weighted by Gasteiger charge is 2.00. The van der Waals surface area contributed by atoms with Gasteiger partial charge in [-0.15, -0.1) is 0 Å². The normalized spacial score (nSPS) is 14.6. The van der Waals surface area contributed by atoms with Crippen LogP contribution in [0.25, 0.3) is 0 Å². The monoisotopic (exact) mass is 157 g/mol. The van der Waals surface area contributed by atoms with Gasteiger partial charge in [-0.1, -0.05) is 0 Å². The molecule has 0 aromatic carbocycles. The molecule has 0 aromatic heterocycles. The van der Waals surface area contributed by atoms with Crippen molar-refractivity contribution in [1.29, 1.82) is 0 Å². The number of primary amides is 1. The largest absolute Gasteiger partial charge is 0.375 e. The van der Waals surface area contributed by atoms with E-state index in [9.17, 15) is 4.79 Å². The smallest absolute Gasteiger partial charge is 0.244 e. The zero-order valence-corrected chi connectivity index (χ0v) is 7.26. The van der Waals surface area contributed by atoms with Crippen LogP contribution in [0.3, 0.4) is 0 Å². The maximum atomic E-state index is 10.5. The molecule has 0 saturated heterocycles. The summed E-state index contributed by atoms with van der Waals surface area (Å²) in [6.07, 6.45) is 1.68. The van der Waals surface area contributed by atoms with Gasteiger partial charge in [0.1, 0.15) is 0 Å². The first-order valence-electron chi connectivity index (χ1n) is 3.67. The van der Waals surface area contributed by atoms with Crippen LogP contribution < -0.4 is 5.73 Å². The van der Waals surface area contributed by atoms with Gasteiger partial charge in [-0.2, -0.15) is 0 Å². The Morgan fingerprint density at radius 2 is 2.27 bits per heavy atom. The highest BCUT2D eigenvalue weighted by molar-refractivity contribution is 5.91. The number of ether oxygens (including phenoxy) is 1. The van der Waals surface area contributed by atoms with E-state index in [1.807, 2.05) is 13.8 Å². The second kappa shape index (κ2) is 4.91. The molecule has 0 radical (unpaired) electrons. The number of rotatable bonds is 4. The minimum Gasteiger partial charge on any atom is -0.375 e. The number of nitrogens with two attached hydrogens (primary N) is 1. The van der Waals surface area contributed by atoms with Crippen molar-refractivity contribution in [2.45, 2.75) is 26.9 Å². The maximum Gasteiger partial charge on any atom is 0.244 e. The van der Waals surface area contributed by atoms with Gasteiger partial charge < -0.3 is 10.5 Å². The molecule has 64 valence electrons. The summed E-state index contributed by atoms with van der Waals surface area (Å²) in [4.78, 5) is 10.5. The number of carbonyl (C=O) groups is 1. The third-order valence-electron chi connectivity index (χ3n) is 1.30. The number of carbonyl (C=O) groups excluding carboxylic acids is 1. The van der Waals surface area contributed by atoms with Gasteiger partial charge in [-0.05, 0) is 26.8 Å². The first-order chi connectivity index (χ1) is 5.07. The van der Waals surface area contributed by atoms with Gasteiger partial charge >= 0.3 is 0 Å². The lowest BCUT2D eigenvalue weighted by atomic mass is 10.2. The molecule has 1 atom stereocenters. The molecule has 1 unspecified atom stereocenters. The molecule has 0 saturated carbocycles. The highest BCUT2D eigenvalue weighted by atomic mass is 16.5. The standard InChI is InChI=1S/C8H15NO2/c1-4-11-7(3)5-6(2)8(9)10/h5,7H,4H2,1-3H3,(H2,9,10). The van der Waals surface area contributed by atoms with Crippen LogP contribution in [0.4, 0.5) is 0 Å².